The van der Waals surface area contributed by atoms with Gasteiger partial charge in [-0.1, -0.05) is 0 Å². The molecule has 5 heteroatoms. The maximum Gasteiger partial charge on any atom is 0.453 e. The number of carbonyl (C=O) groups excluding carboxylic acids is 1. The lowest BCUT2D eigenvalue weighted by molar-refractivity contribution is -0.108. The van der Waals surface area contributed by atoms with Crippen molar-refractivity contribution in [2.75, 3.05) is 0 Å². The van der Waals surface area contributed by atoms with Crippen LogP contribution in [0.2, 0.25) is 6.32 Å². The van der Waals surface area contributed by atoms with E-state index in [2.05, 4.69) is 0 Å². The first-order valence-electron chi connectivity index (χ1n) is 2.24. The second-order valence-corrected chi connectivity index (χ2v) is 1.52. The van der Waals surface area contributed by atoms with Gasteiger partial charge in [0.1, 0.15) is 6.29 Å². The van der Waals surface area contributed by atoms with Gasteiger partial charge in [-0.15, -0.1) is 0 Å². The van der Waals surface area contributed by atoms with Crippen molar-refractivity contribution in [1.29, 1.82) is 0 Å². The Morgan fingerprint density at radius 2 is 2.25 bits per heavy atom. The van der Waals surface area contributed by atoms with Gasteiger partial charge in [0, 0.05) is 6.32 Å². The molecule has 0 saturated carbocycles. The normalized spacial score (nSPS) is 12.9. The molecule has 4 N–H and O–H groups in total. The van der Waals surface area contributed by atoms with E-state index in [1.54, 1.807) is 0 Å². The van der Waals surface area contributed by atoms with Gasteiger partial charge in [0.15, 0.2) is 0 Å². The molecule has 0 heterocycles. The standard InChI is InChI=1S/C3H8BNO3/c5-3(2-6)1-4(7)8/h2-3,7-8H,1,5H2/t3-/m1/s1. The third-order valence-corrected chi connectivity index (χ3v) is 0.658. The molecule has 4 nitrogen and oxygen atoms in total. The van der Waals surface area contributed by atoms with Gasteiger partial charge in [0.05, 0.1) is 6.04 Å². The summed E-state index contributed by atoms with van der Waals surface area (Å²) in [6, 6.07) is -0.755. The number of rotatable bonds is 3. The molecule has 0 spiro atoms. The quantitative estimate of drug-likeness (QED) is 0.294. The van der Waals surface area contributed by atoms with E-state index in [1.807, 2.05) is 0 Å². The van der Waals surface area contributed by atoms with E-state index in [-0.39, 0.29) is 6.32 Å². The van der Waals surface area contributed by atoms with E-state index in [4.69, 9.17) is 15.8 Å². The van der Waals surface area contributed by atoms with E-state index < -0.39 is 13.2 Å². The summed E-state index contributed by atoms with van der Waals surface area (Å²) < 4.78 is 0. The molecule has 0 unspecified atom stereocenters. The lowest BCUT2D eigenvalue weighted by Crippen LogP contribution is -2.28. The SMILES string of the molecule is N[C@@H](C=O)CB(O)O. The van der Waals surface area contributed by atoms with Gasteiger partial charge in [-0.3, -0.25) is 0 Å². The monoisotopic (exact) mass is 117 g/mol. The minimum Gasteiger partial charge on any atom is -0.427 e. The fourth-order valence-electron chi connectivity index (χ4n) is 0.299. The zero-order valence-electron chi connectivity index (χ0n) is 4.32. The maximum atomic E-state index is 9.69. The van der Waals surface area contributed by atoms with Crippen molar-refractivity contribution in [1.82, 2.24) is 0 Å². The summed E-state index contributed by atoms with van der Waals surface area (Å²) in [7, 11) is -1.48. The van der Waals surface area contributed by atoms with Crippen LogP contribution in [0.1, 0.15) is 0 Å². The Morgan fingerprint density at radius 1 is 1.75 bits per heavy atom. The molecule has 0 bridgehead atoms. The molecule has 0 aliphatic carbocycles. The lowest BCUT2D eigenvalue weighted by Gasteiger charge is -1.98. The number of hydrogen-bond acceptors (Lipinski definition) is 4. The van der Waals surface area contributed by atoms with Crippen molar-refractivity contribution in [3.63, 3.8) is 0 Å². The van der Waals surface area contributed by atoms with Gasteiger partial charge < -0.3 is 20.6 Å². The molecule has 0 saturated heterocycles. The third-order valence-electron chi connectivity index (χ3n) is 0.658. The molecular formula is C3H8BNO3. The first-order valence-corrected chi connectivity index (χ1v) is 2.24. The Labute approximate surface area is 47.5 Å². The predicted molar refractivity (Wildman–Crippen MR) is 29.0 cm³/mol. The number of aldehydes is 1. The van der Waals surface area contributed by atoms with Crippen LogP contribution in [0.4, 0.5) is 0 Å². The molecule has 0 rings (SSSR count). The molecule has 0 amide bonds. The molecule has 1 atom stereocenters. The van der Waals surface area contributed by atoms with Gasteiger partial charge in [-0.05, 0) is 0 Å². The summed E-state index contributed by atoms with van der Waals surface area (Å²) in [4.78, 5) is 9.69. The smallest absolute Gasteiger partial charge is 0.427 e. The van der Waals surface area contributed by atoms with Gasteiger partial charge >= 0.3 is 7.12 Å². The summed E-state index contributed by atoms with van der Waals surface area (Å²) in [6.07, 6.45) is 0.378. The van der Waals surface area contributed by atoms with Crippen LogP contribution in [0.3, 0.4) is 0 Å². The molecule has 8 heavy (non-hydrogen) atoms. The average Bonchev–Trinajstić information content (AvgIpc) is 1.65. The van der Waals surface area contributed by atoms with Crippen molar-refractivity contribution < 1.29 is 14.8 Å². The topological polar surface area (TPSA) is 83.6 Å². The van der Waals surface area contributed by atoms with Crippen LogP contribution in [-0.2, 0) is 4.79 Å². The van der Waals surface area contributed by atoms with Crippen LogP contribution in [0.5, 0.6) is 0 Å². The summed E-state index contributed by atoms with van der Waals surface area (Å²) in [5.74, 6) is 0. The maximum absolute atomic E-state index is 9.69. The fourth-order valence-corrected chi connectivity index (χ4v) is 0.299. The molecule has 0 aromatic rings. The minimum absolute atomic E-state index is 0.0938. The first kappa shape index (κ1) is 7.61. The number of carbonyl (C=O) groups is 1. The van der Waals surface area contributed by atoms with Crippen LogP contribution < -0.4 is 5.73 Å². The Bertz CT molecular complexity index is 76.9. The third kappa shape index (κ3) is 3.79. The summed E-state index contributed by atoms with van der Waals surface area (Å²) >= 11 is 0. The van der Waals surface area contributed by atoms with E-state index in [0.717, 1.165) is 0 Å². The number of hydrogen-bond donors (Lipinski definition) is 3. The van der Waals surface area contributed by atoms with Gasteiger partial charge in [-0.2, -0.15) is 0 Å². The number of nitrogens with two attached hydrogens (primary N) is 1. The van der Waals surface area contributed by atoms with E-state index in [0.29, 0.717) is 6.29 Å². The highest BCUT2D eigenvalue weighted by atomic mass is 16.4. The highest BCUT2D eigenvalue weighted by molar-refractivity contribution is 6.41. The van der Waals surface area contributed by atoms with Crippen LogP contribution in [0.15, 0.2) is 0 Å². The fraction of sp³-hybridized carbons (Fsp3) is 0.667. The second kappa shape index (κ2) is 3.60. The second-order valence-electron chi connectivity index (χ2n) is 1.52. The Hall–Kier alpha value is -0.385. The van der Waals surface area contributed by atoms with Gasteiger partial charge in [0.2, 0.25) is 0 Å². The molecule has 0 radical (unpaired) electrons. The highest BCUT2D eigenvalue weighted by Gasteiger charge is 2.11. The molecule has 0 aromatic carbocycles. The Kier molecular flexibility index (Phi) is 3.42. The molecule has 0 aromatic heterocycles. The Morgan fingerprint density at radius 3 is 2.38 bits per heavy atom. The predicted octanol–water partition coefficient (Wildman–Crippen LogP) is -2.01. The van der Waals surface area contributed by atoms with Crippen LogP contribution in [0.25, 0.3) is 0 Å². The highest BCUT2D eigenvalue weighted by Crippen LogP contribution is 1.85. The zero-order valence-corrected chi connectivity index (χ0v) is 4.32. The van der Waals surface area contributed by atoms with Gasteiger partial charge in [-0.25, -0.2) is 0 Å². The minimum atomic E-state index is -1.48. The average molecular weight is 117 g/mol. The van der Waals surface area contributed by atoms with E-state index in [9.17, 15) is 4.79 Å². The van der Waals surface area contributed by atoms with Crippen LogP contribution in [0, 0.1) is 0 Å². The summed E-state index contributed by atoms with van der Waals surface area (Å²) in [5.41, 5.74) is 4.99. The molecule has 0 aliphatic rings. The molecule has 0 aliphatic heterocycles. The van der Waals surface area contributed by atoms with Crippen molar-refractivity contribution in [2.45, 2.75) is 12.4 Å². The van der Waals surface area contributed by atoms with Crippen LogP contribution in [-0.4, -0.2) is 29.5 Å². The Balaban J connectivity index is 3.23. The van der Waals surface area contributed by atoms with Crippen molar-refractivity contribution in [3.05, 3.63) is 0 Å². The van der Waals surface area contributed by atoms with Crippen molar-refractivity contribution in [2.24, 2.45) is 5.73 Å². The first-order chi connectivity index (χ1) is 3.66. The zero-order chi connectivity index (χ0) is 6.57. The van der Waals surface area contributed by atoms with Crippen molar-refractivity contribution in [3.8, 4) is 0 Å². The molecular weight excluding hydrogens is 109 g/mol. The van der Waals surface area contributed by atoms with E-state index >= 15 is 0 Å². The lowest BCUT2D eigenvalue weighted by atomic mass is 9.83. The van der Waals surface area contributed by atoms with Gasteiger partial charge in [0.25, 0.3) is 0 Å². The summed E-state index contributed by atoms with van der Waals surface area (Å²) in [5, 5.41) is 16.3. The summed E-state index contributed by atoms with van der Waals surface area (Å²) in [6.45, 7) is 0. The van der Waals surface area contributed by atoms with Crippen LogP contribution >= 0.6 is 0 Å². The molecule has 46 valence electrons. The largest absolute Gasteiger partial charge is 0.453 e. The van der Waals surface area contributed by atoms with E-state index in [1.165, 1.54) is 0 Å². The molecule has 0 fully saturated rings. The van der Waals surface area contributed by atoms with Crippen molar-refractivity contribution >= 4 is 13.4 Å².